The van der Waals surface area contributed by atoms with Crippen LogP contribution in [0.15, 0.2) is 18.2 Å². The van der Waals surface area contributed by atoms with Crippen LogP contribution in [0.25, 0.3) is 0 Å². The van der Waals surface area contributed by atoms with Crippen molar-refractivity contribution in [1.82, 2.24) is 5.32 Å². The zero-order valence-electron chi connectivity index (χ0n) is 14.1. The quantitative estimate of drug-likeness (QED) is 0.815. The Labute approximate surface area is 140 Å². The first kappa shape index (κ1) is 17.9. The maximum absolute atomic E-state index is 12.6. The van der Waals surface area contributed by atoms with E-state index in [-0.39, 0.29) is 17.0 Å². The molecule has 1 aromatic carbocycles. The first-order chi connectivity index (χ1) is 11.4. The molecule has 0 aromatic heterocycles. The van der Waals surface area contributed by atoms with Gasteiger partial charge in [-0.3, -0.25) is 4.79 Å². The number of rotatable bonds is 4. The van der Waals surface area contributed by atoms with E-state index in [9.17, 15) is 14.4 Å². The van der Waals surface area contributed by atoms with E-state index in [4.69, 9.17) is 0 Å². The van der Waals surface area contributed by atoms with Gasteiger partial charge in [0.15, 0.2) is 0 Å². The third kappa shape index (κ3) is 3.91. The van der Waals surface area contributed by atoms with Gasteiger partial charge in [-0.1, -0.05) is 0 Å². The second kappa shape index (κ2) is 7.44. The third-order valence-corrected chi connectivity index (χ3v) is 4.15. The molecule has 0 aliphatic carbocycles. The number of benzene rings is 1. The van der Waals surface area contributed by atoms with E-state index in [1.54, 1.807) is 0 Å². The molecule has 1 unspecified atom stereocenters. The minimum Gasteiger partial charge on any atom is -0.465 e. The van der Waals surface area contributed by atoms with Crippen LogP contribution < -0.4 is 10.6 Å². The molecule has 1 aliphatic rings. The molecule has 0 saturated carbocycles. The Balaban J connectivity index is 2.29. The van der Waals surface area contributed by atoms with E-state index in [1.165, 1.54) is 32.4 Å². The van der Waals surface area contributed by atoms with E-state index in [0.717, 1.165) is 25.8 Å². The van der Waals surface area contributed by atoms with Crippen LogP contribution >= 0.6 is 0 Å². The standard InChI is InChI=1S/C17H22N2O5/c1-17(6-4-5-7-18-17)16(22)19-13-9-11(14(20)23-2)8-12(10-13)15(21)24-3/h8-10,18H,4-7H2,1-3H3,(H,19,22). The summed E-state index contributed by atoms with van der Waals surface area (Å²) < 4.78 is 9.37. The van der Waals surface area contributed by atoms with Crippen LogP contribution in [0.5, 0.6) is 0 Å². The Morgan fingerprint density at radius 2 is 1.62 bits per heavy atom. The van der Waals surface area contributed by atoms with Gasteiger partial charge >= 0.3 is 11.9 Å². The molecule has 1 amide bonds. The Morgan fingerprint density at radius 3 is 2.08 bits per heavy atom. The normalized spacial score (nSPS) is 20.1. The number of hydrogen-bond acceptors (Lipinski definition) is 6. The topological polar surface area (TPSA) is 93.7 Å². The number of piperidine rings is 1. The predicted molar refractivity (Wildman–Crippen MR) is 88.0 cm³/mol. The lowest BCUT2D eigenvalue weighted by Gasteiger charge is -2.33. The Bertz CT molecular complexity index is 616. The Morgan fingerprint density at radius 1 is 1.04 bits per heavy atom. The van der Waals surface area contributed by atoms with Gasteiger partial charge in [0.05, 0.1) is 30.9 Å². The van der Waals surface area contributed by atoms with Gasteiger partial charge in [-0.25, -0.2) is 9.59 Å². The van der Waals surface area contributed by atoms with Crippen LogP contribution in [-0.4, -0.2) is 44.1 Å². The lowest BCUT2D eigenvalue weighted by atomic mass is 9.90. The zero-order valence-corrected chi connectivity index (χ0v) is 14.1. The molecule has 0 bridgehead atoms. The number of amides is 1. The van der Waals surface area contributed by atoms with Crippen molar-refractivity contribution in [3.8, 4) is 0 Å². The molecule has 130 valence electrons. The summed E-state index contributed by atoms with van der Waals surface area (Å²) in [5.41, 5.74) is -0.00267. The van der Waals surface area contributed by atoms with Crippen molar-refractivity contribution in [3.05, 3.63) is 29.3 Å². The molecular weight excluding hydrogens is 312 g/mol. The highest BCUT2D eigenvalue weighted by Gasteiger charge is 2.34. The van der Waals surface area contributed by atoms with Crippen molar-refractivity contribution >= 4 is 23.5 Å². The number of carbonyl (C=O) groups excluding carboxylic acids is 3. The van der Waals surface area contributed by atoms with Crippen molar-refractivity contribution in [1.29, 1.82) is 0 Å². The number of esters is 2. The molecule has 0 radical (unpaired) electrons. The van der Waals surface area contributed by atoms with Gasteiger partial charge in [-0.15, -0.1) is 0 Å². The molecule has 2 N–H and O–H groups in total. The Kier molecular flexibility index (Phi) is 5.56. The van der Waals surface area contributed by atoms with Crippen LogP contribution in [0.3, 0.4) is 0 Å². The van der Waals surface area contributed by atoms with Crippen LogP contribution in [0.2, 0.25) is 0 Å². The zero-order chi connectivity index (χ0) is 17.7. The molecule has 24 heavy (non-hydrogen) atoms. The molecule has 1 fully saturated rings. The summed E-state index contributed by atoms with van der Waals surface area (Å²) >= 11 is 0. The van der Waals surface area contributed by atoms with E-state index >= 15 is 0 Å². The largest absolute Gasteiger partial charge is 0.465 e. The van der Waals surface area contributed by atoms with Gasteiger partial charge in [0.1, 0.15) is 0 Å². The lowest BCUT2D eigenvalue weighted by molar-refractivity contribution is -0.122. The second-order valence-electron chi connectivity index (χ2n) is 5.95. The van der Waals surface area contributed by atoms with E-state index in [0.29, 0.717) is 5.69 Å². The molecule has 1 atom stereocenters. The predicted octanol–water partition coefficient (Wildman–Crippen LogP) is 1.73. The van der Waals surface area contributed by atoms with Gasteiger partial charge in [0.25, 0.3) is 0 Å². The smallest absolute Gasteiger partial charge is 0.337 e. The highest BCUT2D eigenvalue weighted by Crippen LogP contribution is 2.23. The number of methoxy groups -OCH3 is 2. The number of hydrogen-bond donors (Lipinski definition) is 2. The molecule has 7 heteroatoms. The summed E-state index contributed by atoms with van der Waals surface area (Å²) in [6.07, 6.45) is 2.72. The summed E-state index contributed by atoms with van der Waals surface area (Å²) in [6.45, 7) is 2.62. The van der Waals surface area contributed by atoms with Crippen LogP contribution in [0, 0.1) is 0 Å². The number of nitrogens with one attached hydrogen (secondary N) is 2. The molecule has 1 aromatic rings. The van der Waals surface area contributed by atoms with Crippen LogP contribution in [-0.2, 0) is 14.3 Å². The maximum atomic E-state index is 12.6. The molecule has 1 aliphatic heterocycles. The molecule has 2 rings (SSSR count). The van der Waals surface area contributed by atoms with Gasteiger partial charge in [-0.2, -0.15) is 0 Å². The van der Waals surface area contributed by atoms with E-state index < -0.39 is 17.5 Å². The SMILES string of the molecule is COC(=O)c1cc(NC(=O)C2(C)CCCCN2)cc(C(=O)OC)c1. The van der Waals surface area contributed by atoms with E-state index in [1.807, 2.05) is 6.92 Å². The monoisotopic (exact) mass is 334 g/mol. The highest BCUT2D eigenvalue weighted by atomic mass is 16.5. The Hall–Kier alpha value is -2.41. The number of anilines is 1. The second-order valence-corrected chi connectivity index (χ2v) is 5.95. The third-order valence-electron chi connectivity index (χ3n) is 4.15. The summed E-state index contributed by atoms with van der Waals surface area (Å²) in [4.78, 5) is 36.1. The average Bonchev–Trinajstić information content (AvgIpc) is 2.60. The summed E-state index contributed by atoms with van der Waals surface area (Å²) in [7, 11) is 2.50. The fourth-order valence-electron chi connectivity index (χ4n) is 2.69. The minimum atomic E-state index is -0.676. The summed E-state index contributed by atoms with van der Waals surface area (Å²) in [5, 5.41) is 5.99. The van der Waals surface area contributed by atoms with Crippen molar-refractivity contribution in [3.63, 3.8) is 0 Å². The average molecular weight is 334 g/mol. The van der Waals surface area contributed by atoms with Gasteiger partial charge in [0, 0.05) is 5.69 Å². The van der Waals surface area contributed by atoms with Crippen molar-refractivity contribution in [2.75, 3.05) is 26.1 Å². The van der Waals surface area contributed by atoms with Gasteiger partial charge in [-0.05, 0) is 50.9 Å². The lowest BCUT2D eigenvalue weighted by Crippen LogP contribution is -2.54. The van der Waals surface area contributed by atoms with Crippen molar-refractivity contribution in [2.24, 2.45) is 0 Å². The fourth-order valence-corrected chi connectivity index (χ4v) is 2.69. The van der Waals surface area contributed by atoms with Crippen LogP contribution in [0.4, 0.5) is 5.69 Å². The number of ether oxygens (including phenoxy) is 2. The first-order valence-electron chi connectivity index (χ1n) is 7.78. The number of carbonyl (C=O) groups is 3. The molecule has 1 saturated heterocycles. The molecule has 0 spiro atoms. The maximum Gasteiger partial charge on any atom is 0.337 e. The molecular formula is C17H22N2O5. The molecule has 1 heterocycles. The first-order valence-corrected chi connectivity index (χ1v) is 7.78. The summed E-state index contributed by atoms with van der Waals surface area (Å²) in [5.74, 6) is -1.41. The van der Waals surface area contributed by atoms with Gasteiger partial charge in [0.2, 0.25) is 5.91 Å². The van der Waals surface area contributed by atoms with Crippen molar-refractivity contribution in [2.45, 2.75) is 31.7 Å². The fraction of sp³-hybridized carbons (Fsp3) is 0.471. The highest BCUT2D eigenvalue weighted by molar-refractivity contribution is 6.01. The van der Waals surface area contributed by atoms with Crippen molar-refractivity contribution < 1.29 is 23.9 Å². The van der Waals surface area contributed by atoms with Gasteiger partial charge < -0.3 is 20.1 Å². The minimum absolute atomic E-state index is 0.164. The van der Waals surface area contributed by atoms with E-state index in [2.05, 4.69) is 20.1 Å². The molecule has 7 nitrogen and oxygen atoms in total. The summed E-state index contributed by atoms with van der Waals surface area (Å²) in [6, 6.07) is 4.32. The van der Waals surface area contributed by atoms with Crippen LogP contribution in [0.1, 0.15) is 46.9 Å².